The molecular formula is C6H14MgO3. The molecule has 0 aliphatic carbocycles. The van der Waals surface area contributed by atoms with Crippen LogP contribution < -0.4 is 0 Å². The van der Waals surface area contributed by atoms with Gasteiger partial charge >= 0.3 is 29.0 Å². The maximum atomic E-state index is 10.2. The van der Waals surface area contributed by atoms with Gasteiger partial charge in [-0.2, -0.15) is 0 Å². The number of esters is 1. The van der Waals surface area contributed by atoms with Gasteiger partial charge in [-0.3, -0.25) is 0 Å². The van der Waals surface area contributed by atoms with Crippen LogP contribution in [0.3, 0.4) is 0 Å². The van der Waals surface area contributed by atoms with Crippen molar-refractivity contribution in [3.8, 4) is 0 Å². The molecule has 0 aromatic rings. The van der Waals surface area contributed by atoms with Crippen molar-refractivity contribution in [3.63, 3.8) is 0 Å². The lowest BCUT2D eigenvalue weighted by atomic mass is 10.4. The highest BCUT2D eigenvalue weighted by molar-refractivity contribution is 5.75. The maximum Gasteiger partial charge on any atom is 0.331 e. The molecule has 0 saturated carbocycles. The molecule has 0 heterocycles. The molecule has 3 nitrogen and oxygen atoms in total. The normalized spacial score (nSPS) is 8.20. The van der Waals surface area contributed by atoms with Crippen molar-refractivity contribution in [2.75, 3.05) is 13.2 Å². The zero-order valence-electron chi connectivity index (χ0n) is 5.59. The zero-order chi connectivity index (χ0) is 7.11. The SMILES string of the molecule is CCCCOC(=O)CO.[MgH2]. The summed E-state index contributed by atoms with van der Waals surface area (Å²) >= 11 is 0. The van der Waals surface area contributed by atoms with E-state index in [9.17, 15) is 4.79 Å². The number of carbonyl (C=O) groups is 1. The third kappa shape index (κ3) is 8.20. The summed E-state index contributed by atoms with van der Waals surface area (Å²) in [5.41, 5.74) is 0. The van der Waals surface area contributed by atoms with Crippen LogP contribution in [0.1, 0.15) is 19.8 Å². The highest BCUT2D eigenvalue weighted by Crippen LogP contribution is 1.87. The Hall–Kier alpha value is 0.196. The van der Waals surface area contributed by atoms with E-state index in [1.807, 2.05) is 6.92 Å². The number of aliphatic hydroxyl groups is 1. The minimum Gasteiger partial charge on any atom is -0.464 e. The topological polar surface area (TPSA) is 46.5 Å². The van der Waals surface area contributed by atoms with Gasteiger partial charge in [0.15, 0.2) is 0 Å². The molecule has 0 aliphatic rings. The van der Waals surface area contributed by atoms with Crippen LogP contribution in [-0.4, -0.2) is 47.3 Å². The summed E-state index contributed by atoms with van der Waals surface area (Å²) in [5.74, 6) is -0.538. The molecule has 0 spiro atoms. The lowest BCUT2D eigenvalue weighted by Gasteiger charge is -1.98. The van der Waals surface area contributed by atoms with E-state index in [2.05, 4.69) is 4.74 Å². The minimum atomic E-state index is -0.538. The third-order valence-electron chi connectivity index (χ3n) is 0.890. The van der Waals surface area contributed by atoms with Crippen molar-refractivity contribution in [3.05, 3.63) is 0 Å². The molecule has 0 fully saturated rings. The fourth-order valence-electron chi connectivity index (χ4n) is 0.376. The van der Waals surface area contributed by atoms with Crippen LogP contribution in [0.15, 0.2) is 0 Å². The largest absolute Gasteiger partial charge is 0.464 e. The van der Waals surface area contributed by atoms with Gasteiger partial charge in [0.05, 0.1) is 6.61 Å². The first-order chi connectivity index (χ1) is 4.31. The Bertz CT molecular complexity index is 85.1. The number of rotatable bonds is 4. The van der Waals surface area contributed by atoms with E-state index >= 15 is 0 Å². The quantitative estimate of drug-likeness (QED) is 0.338. The van der Waals surface area contributed by atoms with E-state index in [0.29, 0.717) is 6.61 Å². The van der Waals surface area contributed by atoms with Crippen molar-refractivity contribution < 1.29 is 14.6 Å². The molecule has 0 bridgehead atoms. The molecule has 0 saturated heterocycles. The summed E-state index contributed by atoms with van der Waals surface area (Å²) in [4.78, 5) is 10.2. The summed E-state index contributed by atoms with van der Waals surface area (Å²) < 4.78 is 4.54. The van der Waals surface area contributed by atoms with Crippen molar-refractivity contribution >= 4 is 29.0 Å². The van der Waals surface area contributed by atoms with Gasteiger partial charge in [0.2, 0.25) is 0 Å². The molecule has 0 rings (SSSR count). The van der Waals surface area contributed by atoms with Gasteiger partial charge in [0.25, 0.3) is 0 Å². The summed E-state index contributed by atoms with van der Waals surface area (Å²) in [6, 6.07) is 0. The number of hydrogen-bond donors (Lipinski definition) is 1. The second-order valence-electron chi connectivity index (χ2n) is 1.73. The fourth-order valence-corrected chi connectivity index (χ4v) is 0.376. The van der Waals surface area contributed by atoms with Crippen LogP contribution in [-0.2, 0) is 9.53 Å². The molecule has 0 unspecified atom stereocenters. The maximum absolute atomic E-state index is 10.2. The molecular weight excluding hydrogens is 144 g/mol. The summed E-state index contributed by atoms with van der Waals surface area (Å²) in [6.45, 7) is 1.92. The number of aliphatic hydroxyl groups excluding tert-OH is 1. The second kappa shape index (κ2) is 9.20. The standard InChI is InChI=1S/C6H12O3.Mg.2H/c1-2-3-4-9-6(8)5-7;;;/h7H,2-5H2,1H3;;;. The molecule has 0 aromatic heterocycles. The monoisotopic (exact) mass is 158 g/mol. The summed E-state index contributed by atoms with van der Waals surface area (Å²) in [7, 11) is 0. The van der Waals surface area contributed by atoms with Crippen molar-refractivity contribution in [1.82, 2.24) is 0 Å². The lowest BCUT2D eigenvalue weighted by molar-refractivity contribution is -0.146. The predicted octanol–water partition coefficient (Wildman–Crippen LogP) is -0.594. The Morgan fingerprint density at radius 3 is 2.60 bits per heavy atom. The summed E-state index contributed by atoms with van der Waals surface area (Å²) in [6.07, 6.45) is 1.87. The van der Waals surface area contributed by atoms with Crippen LogP contribution in [0, 0.1) is 0 Å². The van der Waals surface area contributed by atoms with E-state index < -0.39 is 12.6 Å². The van der Waals surface area contributed by atoms with Gasteiger partial charge in [0, 0.05) is 0 Å². The highest BCUT2D eigenvalue weighted by Gasteiger charge is 1.95. The molecule has 0 amide bonds. The highest BCUT2D eigenvalue weighted by atomic mass is 24.3. The van der Waals surface area contributed by atoms with Gasteiger partial charge in [0.1, 0.15) is 6.61 Å². The fraction of sp³-hybridized carbons (Fsp3) is 0.833. The minimum absolute atomic E-state index is 0. The first-order valence-corrected chi connectivity index (χ1v) is 3.07. The van der Waals surface area contributed by atoms with E-state index in [0.717, 1.165) is 12.8 Å². The average molecular weight is 158 g/mol. The molecule has 0 atom stereocenters. The van der Waals surface area contributed by atoms with Gasteiger partial charge in [-0.25, -0.2) is 4.79 Å². The molecule has 0 aromatic carbocycles. The van der Waals surface area contributed by atoms with E-state index in [-0.39, 0.29) is 23.1 Å². The Morgan fingerprint density at radius 1 is 1.60 bits per heavy atom. The van der Waals surface area contributed by atoms with E-state index in [1.54, 1.807) is 0 Å². The predicted molar refractivity (Wildman–Crippen MR) is 41.5 cm³/mol. The molecule has 0 radical (unpaired) electrons. The van der Waals surface area contributed by atoms with Crippen molar-refractivity contribution in [2.45, 2.75) is 19.8 Å². The molecule has 0 aliphatic heterocycles. The van der Waals surface area contributed by atoms with E-state index in [1.165, 1.54) is 0 Å². The Balaban J connectivity index is 0. The third-order valence-corrected chi connectivity index (χ3v) is 0.890. The Morgan fingerprint density at radius 2 is 2.20 bits per heavy atom. The molecule has 1 N–H and O–H groups in total. The molecule has 58 valence electrons. The Labute approximate surface area is 76.9 Å². The number of hydrogen-bond acceptors (Lipinski definition) is 3. The van der Waals surface area contributed by atoms with Crippen molar-refractivity contribution in [2.24, 2.45) is 0 Å². The van der Waals surface area contributed by atoms with Crippen molar-refractivity contribution in [1.29, 1.82) is 0 Å². The molecule has 4 heteroatoms. The van der Waals surface area contributed by atoms with Gasteiger partial charge in [-0.1, -0.05) is 13.3 Å². The van der Waals surface area contributed by atoms with Crippen LogP contribution in [0.25, 0.3) is 0 Å². The first-order valence-electron chi connectivity index (χ1n) is 3.07. The number of ether oxygens (including phenoxy) is 1. The Kier molecular flexibility index (Phi) is 11.8. The molecule has 10 heavy (non-hydrogen) atoms. The average Bonchev–Trinajstić information content (AvgIpc) is 1.89. The smallest absolute Gasteiger partial charge is 0.331 e. The van der Waals surface area contributed by atoms with Crippen LogP contribution in [0.5, 0.6) is 0 Å². The van der Waals surface area contributed by atoms with Crippen LogP contribution in [0.2, 0.25) is 0 Å². The zero-order valence-corrected chi connectivity index (χ0v) is 5.59. The second-order valence-corrected chi connectivity index (χ2v) is 1.73. The summed E-state index contributed by atoms with van der Waals surface area (Å²) in [5, 5.41) is 8.16. The van der Waals surface area contributed by atoms with E-state index in [4.69, 9.17) is 5.11 Å². The van der Waals surface area contributed by atoms with Gasteiger partial charge < -0.3 is 9.84 Å². The van der Waals surface area contributed by atoms with Gasteiger partial charge in [-0.05, 0) is 6.42 Å². The number of unbranched alkanes of at least 4 members (excludes halogenated alkanes) is 1. The number of carbonyl (C=O) groups excluding carboxylic acids is 1. The lowest BCUT2D eigenvalue weighted by Crippen LogP contribution is -2.09. The van der Waals surface area contributed by atoms with Crippen LogP contribution >= 0.6 is 0 Å². The first kappa shape index (κ1) is 12.8. The van der Waals surface area contributed by atoms with Crippen LogP contribution in [0.4, 0.5) is 0 Å². The van der Waals surface area contributed by atoms with Gasteiger partial charge in [-0.15, -0.1) is 0 Å².